The second kappa shape index (κ2) is 5.14. The van der Waals surface area contributed by atoms with Gasteiger partial charge in [-0.05, 0) is 5.56 Å². The highest BCUT2D eigenvalue weighted by atomic mass is 16.4. The van der Waals surface area contributed by atoms with E-state index in [9.17, 15) is 9.59 Å². The van der Waals surface area contributed by atoms with Gasteiger partial charge in [0.1, 0.15) is 6.02 Å². The Morgan fingerprint density at radius 2 is 2.13 bits per heavy atom. The zero-order valence-corrected chi connectivity index (χ0v) is 8.23. The van der Waals surface area contributed by atoms with Crippen LogP contribution in [-0.4, -0.2) is 23.0 Å². The van der Waals surface area contributed by atoms with Gasteiger partial charge in [-0.3, -0.25) is 4.79 Å². The molecule has 4 nitrogen and oxygen atoms in total. The molecule has 0 heterocycles. The number of hydrogen-bond donors (Lipinski definition) is 2. The number of aliphatic carboxylic acids is 1. The molecule has 0 aliphatic heterocycles. The molecule has 0 saturated heterocycles. The molecule has 0 radical (unpaired) electrons. The lowest BCUT2D eigenvalue weighted by molar-refractivity contribution is -0.141. The molecule has 0 spiro atoms. The van der Waals surface area contributed by atoms with E-state index in [-0.39, 0.29) is 0 Å². The molecule has 0 aromatic heterocycles. The third kappa shape index (κ3) is 3.81. The molecule has 2 N–H and O–H groups in total. The van der Waals surface area contributed by atoms with Gasteiger partial charge in [0.15, 0.2) is 0 Å². The second-order valence-corrected chi connectivity index (χ2v) is 2.96. The van der Waals surface area contributed by atoms with E-state index in [2.05, 4.69) is 0 Å². The smallest absolute Gasteiger partial charge is 0.326 e. The topological polar surface area (TPSA) is 66.4 Å². The molecule has 0 fully saturated rings. The van der Waals surface area contributed by atoms with Crippen LogP contribution in [0.1, 0.15) is 15.2 Å². The number of carbonyl (C=O) groups excluding carboxylic acids is 1. The fraction of sp³-hybridized carbons (Fsp3) is 0.273. The van der Waals surface area contributed by atoms with Crippen molar-refractivity contribution in [3.8, 4) is 0 Å². The summed E-state index contributed by atoms with van der Waals surface area (Å²) in [6, 6.07) is 5.73. The lowest BCUT2D eigenvalue weighted by Crippen LogP contribution is -2.41. The summed E-state index contributed by atoms with van der Waals surface area (Å²) in [6.45, 7) is 1.12. The summed E-state index contributed by atoms with van der Waals surface area (Å²) >= 11 is 0. The number of hydrogen-bond acceptors (Lipinski definition) is 2. The Kier molecular flexibility index (Phi) is 2.90. The first-order valence-corrected chi connectivity index (χ1v) is 4.37. The summed E-state index contributed by atoms with van der Waals surface area (Å²) in [5.74, 6) is -2.22. The molecule has 0 bridgehead atoms. The SMILES string of the molecule is [2H][C@@H](c1ccccc1)[C@]([2H])(NC(C)=O)C(=O)O. The minimum Gasteiger partial charge on any atom is -0.480 e. The Morgan fingerprint density at radius 3 is 2.60 bits per heavy atom. The maximum atomic E-state index is 11.0. The molecule has 1 aromatic carbocycles. The fourth-order valence-electron chi connectivity index (χ4n) is 1.06. The van der Waals surface area contributed by atoms with E-state index in [1.807, 2.05) is 5.32 Å². The number of amides is 1. The highest BCUT2D eigenvalue weighted by Crippen LogP contribution is 2.03. The highest BCUT2D eigenvalue weighted by Gasteiger charge is 2.18. The van der Waals surface area contributed by atoms with Crippen molar-refractivity contribution in [3.63, 3.8) is 0 Å². The molecular formula is C11H13NO3. The molecule has 15 heavy (non-hydrogen) atoms. The van der Waals surface area contributed by atoms with E-state index in [1.54, 1.807) is 30.3 Å². The first-order chi connectivity index (χ1) is 7.88. The summed E-state index contributed by atoms with van der Waals surface area (Å²) in [5, 5.41) is 11.0. The van der Waals surface area contributed by atoms with Gasteiger partial charge in [-0.1, -0.05) is 30.3 Å². The number of carboxylic acid groups (broad SMARTS) is 1. The van der Waals surface area contributed by atoms with E-state index in [0.717, 1.165) is 6.92 Å². The number of carboxylic acids is 1. The zero-order valence-electron chi connectivity index (χ0n) is 10.2. The van der Waals surface area contributed by atoms with Crippen molar-refractivity contribution in [1.29, 1.82) is 0 Å². The van der Waals surface area contributed by atoms with Crippen molar-refractivity contribution in [2.24, 2.45) is 0 Å². The lowest BCUT2D eigenvalue weighted by atomic mass is 10.1. The van der Waals surface area contributed by atoms with Gasteiger partial charge in [0.25, 0.3) is 0 Å². The van der Waals surface area contributed by atoms with Crippen molar-refractivity contribution in [3.05, 3.63) is 35.9 Å². The Labute approximate surface area is 90.7 Å². The van der Waals surface area contributed by atoms with Crippen molar-refractivity contribution in [1.82, 2.24) is 5.32 Å². The van der Waals surface area contributed by atoms with Crippen LogP contribution in [0.2, 0.25) is 0 Å². The predicted octanol–water partition coefficient (Wildman–Crippen LogP) is 0.818. The van der Waals surface area contributed by atoms with Crippen molar-refractivity contribution >= 4 is 11.9 Å². The van der Waals surface area contributed by atoms with Gasteiger partial charge in [-0.15, -0.1) is 0 Å². The van der Waals surface area contributed by atoms with Crippen LogP contribution in [0.5, 0.6) is 0 Å². The van der Waals surface area contributed by atoms with E-state index in [4.69, 9.17) is 7.85 Å². The molecular weight excluding hydrogens is 194 g/mol. The molecule has 0 aliphatic carbocycles. The summed E-state index contributed by atoms with van der Waals surface area (Å²) in [7, 11) is 0. The lowest BCUT2D eigenvalue weighted by Gasteiger charge is -2.12. The molecule has 0 unspecified atom stereocenters. The quantitative estimate of drug-likeness (QED) is 0.771. The standard InChI is InChI=1S/C11H13NO3/c1-8(13)12-10(11(14)15)7-9-5-3-2-4-6-9/h2-6,10H,7H2,1H3,(H,12,13)(H,14,15)/t10-/m0/s1/i7D,10D/t7-,10-. The average molecular weight is 209 g/mol. The number of benzene rings is 1. The van der Waals surface area contributed by atoms with Crippen LogP contribution >= 0.6 is 0 Å². The normalized spacial score (nSPS) is 17.9. The van der Waals surface area contributed by atoms with Crippen LogP contribution in [0.4, 0.5) is 0 Å². The van der Waals surface area contributed by atoms with Gasteiger partial charge in [-0.25, -0.2) is 4.79 Å². The van der Waals surface area contributed by atoms with Crippen LogP contribution in [-0.2, 0) is 16.0 Å². The Bertz CT molecular complexity index is 424. The summed E-state index contributed by atoms with van der Waals surface area (Å²) in [4.78, 5) is 22.0. The minimum atomic E-state index is -2.38. The first kappa shape index (κ1) is 8.47. The largest absolute Gasteiger partial charge is 0.480 e. The maximum Gasteiger partial charge on any atom is 0.326 e. The molecule has 4 heteroatoms. The van der Waals surface area contributed by atoms with Crippen LogP contribution < -0.4 is 5.32 Å². The Hall–Kier alpha value is -1.84. The minimum absolute atomic E-state index is 0.360. The molecule has 1 amide bonds. The first-order valence-electron chi connectivity index (χ1n) is 5.45. The van der Waals surface area contributed by atoms with E-state index < -0.39 is 24.3 Å². The van der Waals surface area contributed by atoms with Gasteiger partial charge < -0.3 is 10.4 Å². The summed E-state index contributed by atoms with van der Waals surface area (Å²) in [6.07, 6.45) is -1.40. The molecule has 0 saturated carbocycles. The van der Waals surface area contributed by atoms with E-state index in [1.165, 1.54) is 0 Å². The fourth-order valence-corrected chi connectivity index (χ4v) is 1.06. The molecule has 1 aromatic rings. The van der Waals surface area contributed by atoms with Gasteiger partial charge in [0.05, 0.1) is 1.37 Å². The van der Waals surface area contributed by atoms with Gasteiger partial charge in [-0.2, -0.15) is 0 Å². The number of nitrogens with one attached hydrogen (secondary N) is 1. The maximum absolute atomic E-state index is 11.0. The second-order valence-electron chi connectivity index (χ2n) is 2.96. The number of carbonyl (C=O) groups is 2. The summed E-state index contributed by atoms with van der Waals surface area (Å²) < 4.78 is 15.5. The Morgan fingerprint density at radius 1 is 1.53 bits per heavy atom. The third-order valence-electron chi connectivity index (χ3n) is 1.65. The van der Waals surface area contributed by atoms with Crippen molar-refractivity contribution < 1.29 is 17.4 Å². The van der Waals surface area contributed by atoms with Crippen LogP contribution in [0.15, 0.2) is 30.3 Å². The molecule has 1 rings (SSSR count). The van der Waals surface area contributed by atoms with E-state index in [0.29, 0.717) is 5.56 Å². The van der Waals surface area contributed by atoms with Gasteiger partial charge in [0.2, 0.25) is 5.91 Å². The average Bonchev–Trinajstić information content (AvgIpc) is 2.28. The Balaban J connectivity index is 3.07. The third-order valence-corrected chi connectivity index (χ3v) is 1.65. The van der Waals surface area contributed by atoms with Crippen LogP contribution in [0.3, 0.4) is 0 Å². The molecule has 80 valence electrons. The van der Waals surface area contributed by atoms with E-state index >= 15 is 0 Å². The van der Waals surface area contributed by atoms with Gasteiger partial charge in [0, 0.05) is 14.7 Å². The summed E-state index contributed by atoms with van der Waals surface area (Å²) in [5.41, 5.74) is 0.360. The van der Waals surface area contributed by atoms with Crippen LogP contribution in [0.25, 0.3) is 0 Å². The van der Waals surface area contributed by atoms with Crippen LogP contribution in [0, 0.1) is 0 Å². The highest BCUT2D eigenvalue weighted by molar-refractivity contribution is 5.82. The number of rotatable bonds is 4. The zero-order chi connectivity index (χ0) is 13.1. The predicted molar refractivity (Wildman–Crippen MR) is 55.4 cm³/mol. The molecule has 2 atom stereocenters. The van der Waals surface area contributed by atoms with Gasteiger partial charge >= 0.3 is 5.97 Å². The van der Waals surface area contributed by atoms with Crippen molar-refractivity contribution in [2.45, 2.75) is 19.3 Å². The van der Waals surface area contributed by atoms with Crippen molar-refractivity contribution in [2.75, 3.05) is 0 Å². The molecule has 0 aliphatic rings. The monoisotopic (exact) mass is 209 g/mol.